The number of aromatic nitrogens is 1. The molecule has 0 saturated heterocycles. The average molecular weight is 203 g/mol. The van der Waals surface area contributed by atoms with Crippen molar-refractivity contribution in [1.82, 2.24) is 5.16 Å². The van der Waals surface area contributed by atoms with Gasteiger partial charge in [0.05, 0.1) is 12.8 Å². The predicted molar refractivity (Wildman–Crippen MR) is 60.0 cm³/mol. The fourth-order valence-corrected chi connectivity index (χ4v) is 1.58. The number of allylic oxidation sites excluding steroid dienone is 1. The van der Waals surface area contributed by atoms with Crippen molar-refractivity contribution in [1.29, 1.82) is 0 Å². The quantitative estimate of drug-likeness (QED) is 0.751. The van der Waals surface area contributed by atoms with Gasteiger partial charge in [0.2, 0.25) is 0 Å². The second kappa shape index (κ2) is 3.77. The molecule has 0 fully saturated rings. The summed E-state index contributed by atoms with van der Waals surface area (Å²) in [5.74, 6) is 0.821. The van der Waals surface area contributed by atoms with E-state index >= 15 is 0 Å². The van der Waals surface area contributed by atoms with E-state index in [1.54, 1.807) is 7.11 Å². The first-order valence-corrected chi connectivity index (χ1v) is 4.83. The summed E-state index contributed by atoms with van der Waals surface area (Å²) in [6.07, 6.45) is 3.95. The number of rotatable bonds is 2. The molecule has 78 valence electrons. The van der Waals surface area contributed by atoms with Crippen LogP contribution in [0.1, 0.15) is 18.2 Å². The number of methoxy groups -OCH3 is 1. The lowest BCUT2D eigenvalue weighted by Gasteiger charge is -2.01. The molecular weight excluding hydrogens is 190 g/mol. The minimum absolute atomic E-state index is 0.811. The van der Waals surface area contributed by atoms with Crippen LogP contribution in [-0.2, 0) is 0 Å². The Morgan fingerprint density at radius 2 is 2.20 bits per heavy atom. The molecule has 0 unspecified atom stereocenters. The van der Waals surface area contributed by atoms with Crippen LogP contribution in [0.2, 0.25) is 0 Å². The molecule has 0 bridgehead atoms. The van der Waals surface area contributed by atoms with Crippen LogP contribution in [0.3, 0.4) is 0 Å². The highest BCUT2D eigenvalue weighted by Gasteiger charge is 2.09. The van der Waals surface area contributed by atoms with Gasteiger partial charge < -0.3 is 9.26 Å². The van der Waals surface area contributed by atoms with E-state index in [1.807, 2.05) is 38.1 Å². The average Bonchev–Trinajstić information content (AvgIpc) is 2.61. The van der Waals surface area contributed by atoms with Crippen molar-refractivity contribution in [2.24, 2.45) is 0 Å². The van der Waals surface area contributed by atoms with Gasteiger partial charge in [0.25, 0.3) is 0 Å². The third-order valence-corrected chi connectivity index (χ3v) is 2.34. The number of aryl methyl sites for hydroxylation is 1. The van der Waals surface area contributed by atoms with Crippen LogP contribution in [0.5, 0.6) is 5.75 Å². The van der Waals surface area contributed by atoms with E-state index in [1.165, 1.54) is 0 Å². The number of hydrogen-bond donors (Lipinski definition) is 0. The summed E-state index contributed by atoms with van der Waals surface area (Å²) in [6.45, 7) is 3.89. The molecule has 0 saturated carbocycles. The molecule has 0 atom stereocenters. The third kappa shape index (κ3) is 1.61. The number of hydrogen-bond acceptors (Lipinski definition) is 3. The van der Waals surface area contributed by atoms with Crippen molar-refractivity contribution in [2.45, 2.75) is 13.8 Å². The van der Waals surface area contributed by atoms with Crippen molar-refractivity contribution in [3.8, 4) is 5.75 Å². The Morgan fingerprint density at radius 3 is 2.87 bits per heavy atom. The van der Waals surface area contributed by atoms with Crippen LogP contribution in [0.25, 0.3) is 17.0 Å². The van der Waals surface area contributed by atoms with Crippen LogP contribution >= 0.6 is 0 Å². The maximum Gasteiger partial charge on any atom is 0.174 e. The fourth-order valence-electron chi connectivity index (χ4n) is 1.58. The van der Waals surface area contributed by atoms with Crippen LogP contribution in [0, 0.1) is 6.92 Å². The van der Waals surface area contributed by atoms with Crippen LogP contribution in [0.15, 0.2) is 22.7 Å². The predicted octanol–water partition coefficient (Wildman–Crippen LogP) is 3.18. The number of fused-ring (bicyclic) bond motifs is 1. The molecule has 2 aromatic rings. The van der Waals surface area contributed by atoms with E-state index in [4.69, 9.17) is 9.26 Å². The summed E-state index contributed by atoms with van der Waals surface area (Å²) in [4.78, 5) is 0. The van der Waals surface area contributed by atoms with Crippen molar-refractivity contribution in [2.75, 3.05) is 7.11 Å². The summed E-state index contributed by atoms with van der Waals surface area (Å²) >= 11 is 0. The zero-order valence-corrected chi connectivity index (χ0v) is 9.07. The van der Waals surface area contributed by atoms with Gasteiger partial charge in [-0.25, -0.2) is 0 Å². The van der Waals surface area contributed by atoms with E-state index in [2.05, 4.69) is 5.16 Å². The molecule has 3 nitrogen and oxygen atoms in total. The maximum absolute atomic E-state index is 5.28. The van der Waals surface area contributed by atoms with E-state index < -0.39 is 0 Å². The Kier molecular flexibility index (Phi) is 2.46. The number of benzene rings is 1. The third-order valence-electron chi connectivity index (χ3n) is 2.34. The summed E-state index contributed by atoms with van der Waals surface area (Å²) in [6, 6.07) is 3.88. The van der Waals surface area contributed by atoms with E-state index in [0.717, 1.165) is 28.0 Å². The smallest absolute Gasteiger partial charge is 0.174 e. The maximum atomic E-state index is 5.28. The lowest BCUT2D eigenvalue weighted by molar-refractivity contribution is 0.414. The van der Waals surface area contributed by atoms with Gasteiger partial charge in [-0.15, -0.1) is 0 Å². The Morgan fingerprint density at radius 1 is 1.40 bits per heavy atom. The monoisotopic (exact) mass is 203 g/mol. The summed E-state index contributed by atoms with van der Waals surface area (Å²) in [5.41, 5.74) is 2.69. The van der Waals surface area contributed by atoms with Gasteiger partial charge in [-0.05, 0) is 26.0 Å². The number of nitrogens with zero attached hydrogens (tertiary/aromatic N) is 1. The molecule has 0 aliphatic rings. The normalized spacial score (nSPS) is 11.4. The van der Waals surface area contributed by atoms with Gasteiger partial charge in [-0.2, -0.15) is 0 Å². The van der Waals surface area contributed by atoms with Crippen molar-refractivity contribution in [3.05, 3.63) is 29.5 Å². The van der Waals surface area contributed by atoms with Crippen LogP contribution in [0.4, 0.5) is 0 Å². The molecule has 1 aromatic carbocycles. The molecule has 0 aliphatic heterocycles. The molecule has 0 N–H and O–H groups in total. The molecule has 0 amide bonds. The lowest BCUT2D eigenvalue weighted by atomic mass is 10.1. The Labute approximate surface area is 88.3 Å². The Balaban J connectivity index is 2.76. The molecule has 2 rings (SSSR count). The molecule has 0 radical (unpaired) electrons. The van der Waals surface area contributed by atoms with Crippen molar-refractivity contribution >= 4 is 17.0 Å². The second-order valence-electron chi connectivity index (χ2n) is 3.36. The minimum atomic E-state index is 0.811. The first-order valence-electron chi connectivity index (χ1n) is 4.83. The second-order valence-corrected chi connectivity index (χ2v) is 3.36. The lowest BCUT2D eigenvalue weighted by Crippen LogP contribution is -1.84. The first-order chi connectivity index (χ1) is 7.26. The van der Waals surface area contributed by atoms with E-state index in [9.17, 15) is 0 Å². The highest BCUT2D eigenvalue weighted by Crippen LogP contribution is 2.28. The largest absolute Gasteiger partial charge is 0.497 e. The molecular formula is C12H13NO2. The molecule has 1 heterocycles. The standard InChI is InChI=1S/C12H13NO2/c1-4-5-9-6-10(14-3)7-11-8(2)13-15-12(9)11/h4-7H,1-3H3/b5-4+. The fraction of sp³-hybridized carbons (Fsp3) is 0.250. The SMILES string of the molecule is C/C=C/c1cc(OC)cc2c(C)noc12. The molecule has 0 aliphatic carbocycles. The van der Waals surface area contributed by atoms with Gasteiger partial charge in [0.15, 0.2) is 5.58 Å². The number of ether oxygens (including phenoxy) is 1. The highest BCUT2D eigenvalue weighted by molar-refractivity contribution is 5.88. The Hall–Kier alpha value is -1.77. The zero-order valence-electron chi connectivity index (χ0n) is 9.07. The van der Waals surface area contributed by atoms with Crippen molar-refractivity contribution < 1.29 is 9.26 Å². The van der Waals surface area contributed by atoms with E-state index in [0.29, 0.717) is 0 Å². The topological polar surface area (TPSA) is 35.3 Å². The molecule has 0 spiro atoms. The van der Waals surface area contributed by atoms with Gasteiger partial charge in [-0.1, -0.05) is 17.3 Å². The Bertz CT molecular complexity index is 512. The van der Waals surface area contributed by atoms with Crippen molar-refractivity contribution in [3.63, 3.8) is 0 Å². The molecule has 15 heavy (non-hydrogen) atoms. The molecule has 1 aromatic heterocycles. The van der Waals surface area contributed by atoms with Gasteiger partial charge >= 0.3 is 0 Å². The zero-order chi connectivity index (χ0) is 10.8. The molecule has 3 heteroatoms. The van der Waals surface area contributed by atoms with E-state index in [-0.39, 0.29) is 0 Å². The van der Waals surface area contributed by atoms with Crippen LogP contribution in [-0.4, -0.2) is 12.3 Å². The van der Waals surface area contributed by atoms with Gasteiger partial charge in [-0.3, -0.25) is 0 Å². The van der Waals surface area contributed by atoms with Gasteiger partial charge in [0, 0.05) is 10.9 Å². The minimum Gasteiger partial charge on any atom is -0.497 e. The summed E-state index contributed by atoms with van der Waals surface area (Å²) < 4.78 is 10.5. The first kappa shape index (κ1) is 9.77. The summed E-state index contributed by atoms with van der Waals surface area (Å²) in [7, 11) is 1.66. The summed E-state index contributed by atoms with van der Waals surface area (Å²) in [5, 5.41) is 4.95. The van der Waals surface area contributed by atoms with Crippen LogP contribution < -0.4 is 4.74 Å². The highest BCUT2D eigenvalue weighted by atomic mass is 16.5. The van der Waals surface area contributed by atoms with Gasteiger partial charge in [0.1, 0.15) is 5.75 Å².